The molecule has 204 valence electrons. The molecule has 0 aliphatic carbocycles. The maximum absolute atomic E-state index is 5.38. The van der Waals surface area contributed by atoms with Crippen LogP contribution in [0.4, 0.5) is 0 Å². The molecule has 2 aromatic carbocycles. The van der Waals surface area contributed by atoms with Crippen molar-refractivity contribution in [2.45, 2.75) is 27.7 Å². The standard InChI is InChI=1S/2C10H15P.3CH4S.4ClH.2Re/c2*1-3-11(4-2)10-8-6-5-7-9-10;3*1-2;;;;;;/h2*5-9H,3-4H2,1-2H3;3*2H,1H3;4*1H;;/q;;;;;;;;;2*+2/p-5. The van der Waals surface area contributed by atoms with E-state index in [0.29, 0.717) is 0 Å². The first-order chi connectivity index (χ1) is 16.4. The first-order valence-electron chi connectivity index (χ1n) is 10.5. The minimum atomic E-state index is -1.95. The average molecular weight is 990 g/mol. The number of rotatable bonds is 6. The van der Waals surface area contributed by atoms with Gasteiger partial charge in [0.25, 0.3) is 0 Å². The van der Waals surface area contributed by atoms with Crippen molar-refractivity contribution in [1.82, 2.24) is 0 Å². The van der Waals surface area contributed by atoms with Gasteiger partial charge >= 0.3 is 60.2 Å². The van der Waals surface area contributed by atoms with Gasteiger partial charge in [-0.25, -0.2) is 0 Å². The molecule has 0 bridgehead atoms. The van der Waals surface area contributed by atoms with Crippen LogP contribution >= 0.6 is 54.0 Å². The predicted molar refractivity (Wildman–Crippen MR) is 174 cm³/mol. The van der Waals surface area contributed by atoms with Crippen LogP contribution in [0.2, 0.25) is 0 Å². The molecule has 0 radical (unpaired) electrons. The predicted octanol–water partition coefficient (Wildman–Crippen LogP) is 8.37. The summed E-state index contributed by atoms with van der Waals surface area (Å²) in [6.45, 7) is 9.19. The van der Waals surface area contributed by atoms with Crippen LogP contribution in [0, 0.1) is 0 Å². The summed E-state index contributed by atoms with van der Waals surface area (Å²) in [5.74, 6) is 0. The van der Waals surface area contributed by atoms with E-state index in [1.165, 1.54) is 24.6 Å². The van der Waals surface area contributed by atoms with Gasteiger partial charge in [-0.2, -0.15) is 18.8 Å². The Labute approximate surface area is 253 Å². The molecule has 0 heterocycles. The van der Waals surface area contributed by atoms with Crippen LogP contribution < -0.4 is 10.6 Å². The first-order valence-corrected chi connectivity index (χ1v) is 39.7. The molecule has 0 unspecified atom stereocenters. The van der Waals surface area contributed by atoms with Crippen molar-refractivity contribution in [2.75, 3.05) is 43.4 Å². The molecule has 34 heavy (non-hydrogen) atoms. The Morgan fingerprint density at radius 2 is 0.706 bits per heavy atom. The van der Waals surface area contributed by atoms with Crippen molar-refractivity contribution in [2.24, 2.45) is 0 Å². The molecule has 2 rings (SSSR count). The zero-order valence-electron chi connectivity index (χ0n) is 21.1. The van der Waals surface area contributed by atoms with Gasteiger partial charge < -0.3 is 37.9 Å². The summed E-state index contributed by atoms with van der Waals surface area (Å²) in [6.07, 6.45) is 10.2. The van der Waals surface area contributed by atoms with Crippen LogP contribution in [0.5, 0.6) is 0 Å². The zero-order valence-corrected chi connectivity index (χ0v) is 34.0. The Bertz CT molecular complexity index is 665. The Morgan fingerprint density at radius 1 is 0.500 bits per heavy atom. The van der Waals surface area contributed by atoms with Gasteiger partial charge in [-0.05, 0) is 52.0 Å². The third-order valence-electron chi connectivity index (χ3n) is 4.15. The molecule has 0 fully saturated rings. The molecule has 0 aliphatic rings. The van der Waals surface area contributed by atoms with Gasteiger partial charge in [0.05, 0.1) is 35.3 Å². The van der Waals surface area contributed by atoms with Crippen molar-refractivity contribution in [3.05, 3.63) is 60.7 Å². The summed E-state index contributed by atoms with van der Waals surface area (Å²) >= 11 is 8.35. The van der Waals surface area contributed by atoms with Gasteiger partial charge in [-0.15, -0.1) is 0 Å². The zero-order chi connectivity index (χ0) is 27.4. The third kappa shape index (κ3) is 26.4. The van der Waals surface area contributed by atoms with E-state index in [2.05, 4.69) is 126 Å². The summed E-state index contributed by atoms with van der Waals surface area (Å²) in [5.41, 5.74) is 0. The third-order valence-corrected chi connectivity index (χ3v) is 59.0. The summed E-state index contributed by atoms with van der Waals surface area (Å²) in [6, 6.07) is 21.8. The van der Waals surface area contributed by atoms with Crippen LogP contribution in [0.1, 0.15) is 27.7 Å². The molecule has 11 heteroatoms. The number of halogens is 4. The van der Waals surface area contributed by atoms with Gasteiger partial charge in [0.2, 0.25) is 0 Å². The Hall–Kier alpha value is 2.83. The van der Waals surface area contributed by atoms with E-state index in [1.54, 1.807) is 29.4 Å². The van der Waals surface area contributed by atoms with E-state index in [4.69, 9.17) is 38.1 Å². The van der Waals surface area contributed by atoms with E-state index in [0.717, 1.165) is 0 Å². The molecule has 0 nitrogen and oxygen atoms in total. The van der Waals surface area contributed by atoms with Crippen molar-refractivity contribution in [3.63, 3.8) is 0 Å². The van der Waals surface area contributed by atoms with E-state index >= 15 is 0 Å². The molecule has 0 amide bonds. The van der Waals surface area contributed by atoms with Crippen LogP contribution in [0.25, 0.3) is 0 Å². The SMILES string of the molecule is CC[PH+](CC)c1ccccc1.CC[PH+](CC)c1ccccc1.C[S-].C[S-].C[S-].[Cl][Re]([Cl])#[Re]([Cl])[Cl]. The van der Waals surface area contributed by atoms with Crippen LogP contribution in [0.15, 0.2) is 60.7 Å². The van der Waals surface area contributed by atoms with E-state index < -0.39 is 22.1 Å². The van der Waals surface area contributed by atoms with Crippen LogP contribution in [-0.4, -0.2) is 43.4 Å². The Kier molecular flexibility index (Phi) is 46.2. The molecule has 0 aromatic heterocycles. The topological polar surface area (TPSA) is 0 Å². The van der Waals surface area contributed by atoms with Crippen molar-refractivity contribution in [3.8, 4) is 0 Å². The molecule has 0 aliphatic heterocycles. The second kappa shape index (κ2) is 35.8. The second-order valence-electron chi connectivity index (χ2n) is 5.68. The molecule has 0 atom stereocenters. The minimum absolute atomic E-state index is 0.201. The summed E-state index contributed by atoms with van der Waals surface area (Å²) in [4.78, 5) is 0. The van der Waals surface area contributed by atoms with Crippen LogP contribution in [0.3, 0.4) is 0 Å². The number of hydrogen-bond donors (Lipinski definition) is 0. The first kappa shape index (κ1) is 43.9. The summed E-state index contributed by atoms with van der Waals surface area (Å²) in [5, 5.41) is 3.17. The number of hydrogen-bond acceptors (Lipinski definition) is 3. The van der Waals surface area contributed by atoms with Gasteiger partial charge in [0.15, 0.2) is 0 Å². The van der Waals surface area contributed by atoms with Gasteiger partial charge in [-0.3, -0.25) is 0 Å². The van der Waals surface area contributed by atoms with E-state index in [1.807, 2.05) is 0 Å². The molecule has 2 aromatic rings. The summed E-state index contributed by atoms with van der Waals surface area (Å²) < 4.78 is 0. The molecular formula is C23H41Cl4P2Re2S3-. The van der Waals surface area contributed by atoms with Crippen molar-refractivity contribution in [1.29, 1.82) is 0 Å². The normalized spacial score (nSPS) is 9.24. The molecule has 0 spiro atoms. The molecular weight excluding hydrogens is 949 g/mol. The molecule has 0 saturated heterocycles. The fourth-order valence-electron chi connectivity index (χ4n) is 2.66. The van der Waals surface area contributed by atoms with Gasteiger partial charge in [-0.1, -0.05) is 36.4 Å². The number of benzene rings is 2. The van der Waals surface area contributed by atoms with Crippen molar-refractivity contribution < 1.29 is 22.1 Å². The fraction of sp³-hybridized carbons (Fsp3) is 0.478. The summed E-state index contributed by atoms with van der Waals surface area (Å²) in [7, 11) is 21.1. The maximum atomic E-state index is 5.38. The molecule has 0 saturated carbocycles. The van der Waals surface area contributed by atoms with Gasteiger partial charge in [0.1, 0.15) is 0 Å². The fourth-order valence-corrected chi connectivity index (χ4v) is 6.62. The Balaban J connectivity index is -0.000000184. The van der Waals surface area contributed by atoms with E-state index in [9.17, 15) is 0 Å². The van der Waals surface area contributed by atoms with E-state index in [-0.39, 0.29) is 15.8 Å². The van der Waals surface area contributed by atoms with Crippen LogP contribution in [-0.2, 0) is 60.0 Å². The van der Waals surface area contributed by atoms with Crippen molar-refractivity contribution >= 4 is 102 Å². The van der Waals surface area contributed by atoms with Gasteiger partial charge in [0, 0.05) is 15.8 Å². The average Bonchev–Trinajstić information content (AvgIpc) is 2.91. The second-order valence-corrected chi connectivity index (χ2v) is 63.1. The quantitative estimate of drug-likeness (QED) is 0.211. The monoisotopic (exact) mass is 989 g/mol. The molecule has 0 N–H and O–H groups in total. The Morgan fingerprint density at radius 3 is 0.853 bits per heavy atom.